The Balaban J connectivity index is 1.90. The van der Waals surface area contributed by atoms with Gasteiger partial charge in [-0.05, 0) is 54.3 Å². The highest BCUT2D eigenvalue weighted by molar-refractivity contribution is 8.00. The molecule has 2 aromatic carbocycles. The van der Waals surface area contributed by atoms with Gasteiger partial charge >= 0.3 is 6.18 Å². The lowest BCUT2D eigenvalue weighted by Crippen LogP contribution is -2.12. The third kappa shape index (κ3) is 6.80. The molecule has 0 aliphatic heterocycles. The third-order valence-electron chi connectivity index (χ3n) is 4.29. The number of rotatable bonds is 8. The minimum atomic E-state index is -4.31. The van der Waals surface area contributed by atoms with Gasteiger partial charge in [0.1, 0.15) is 11.6 Å². The number of pyridine rings is 1. The molecule has 0 amide bonds. The number of allylic oxidation sites excluding steroid dienone is 1. The van der Waals surface area contributed by atoms with Crippen molar-refractivity contribution in [3.05, 3.63) is 89.0 Å². The van der Waals surface area contributed by atoms with Crippen molar-refractivity contribution in [3.8, 4) is 0 Å². The van der Waals surface area contributed by atoms with Crippen LogP contribution in [0.3, 0.4) is 0 Å². The molecule has 0 fully saturated rings. The van der Waals surface area contributed by atoms with Crippen molar-refractivity contribution >= 4 is 46.3 Å². The molecule has 10 heteroatoms. The lowest BCUT2D eigenvalue weighted by atomic mass is 10.1. The summed E-state index contributed by atoms with van der Waals surface area (Å²) in [4.78, 5) is 3.97. The molecule has 1 aromatic heterocycles. The Morgan fingerprint density at radius 2 is 1.91 bits per heavy atom. The van der Waals surface area contributed by atoms with Gasteiger partial charge in [0.15, 0.2) is 0 Å². The molecule has 1 heterocycles. The van der Waals surface area contributed by atoms with E-state index in [1.54, 1.807) is 36.4 Å². The highest BCUT2D eigenvalue weighted by Crippen LogP contribution is 2.31. The van der Waals surface area contributed by atoms with Crippen LogP contribution in [0.5, 0.6) is 0 Å². The highest BCUT2D eigenvalue weighted by Gasteiger charge is 2.27. The number of nitrogens with zero attached hydrogens (tertiary/aromatic N) is 1. The standard InChI is InChI=1S/C22H19ClF4N4S/c23-15-6-7-17(24)14(11-15)5-8-19(16-3-1-2-4-18(16)28)30-20-9-10-29-12-21(20)31-32-13-22(25,26)27/h1-4,6-12,31H,5,13,28H2,(H,29,30)/b19-8+. The second-order valence-electron chi connectivity index (χ2n) is 6.70. The maximum Gasteiger partial charge on any atom is 0.399 e. The number of aromatic nitrogens is 1. The van der Waals surface area contributed by atoms with E-state index in [-0.39, 0.29) is 6.42 Å². The lowest BCUT2D eigenvalue weighted by Gasteiger charge is -2.17. The van der Waals surface area contributed by atoms with Crippen LogP contribution < -0.4 is 15.8 Å². The molecular weight excluding hydrogens is 464 g/mol. The predicted octanol–water partition coefficient (Wildman–Crippen LogP) is 6.77. The largest absolute Gasteiger partial charge is 0.399 e. The van der Waals surface area contributed by atoms with Gasteiger partial charge < -0.3 is 15.8 Å². The quantitative estimate of drug-likeness (QED) is 0.188. The lowest BCUT2D eigenvalue weighted by molar-refractivity contribution is -0.105. The molecule has 4 N–H and O–H groups in total. The number of nitrogen functional groups attached to an aromatic ring is 1. The van der Waals surface area contributed by atoms with Gasteiger partial charge in [-0.3, -0.25) is 4.98 Å². The smallest absolute Gasteiger partial charge is 0.398 e. The van der Waals surface area contributed by atoms with Gasteiger partial charge in [-0.25, -0.2) is 4.39 Å². The van der Waals surface area contributed by atoms with Gasteiger partial charge in [0.2, 0.25) is 0 Å². The van der Waals surface area contributed by atoms with E-state index in [9.17, 15) is 17.6 Å². The number of alkyl halides is 3. The van der Waals surface area contributed by atoms with E-state index in [2.05, 4.69) is 15.0 Å². The second kappa shape index (κ2) is 10.6. The molecule has 0 spiro atoms. The topological polar surface area (TPSA) is 63.0 Å². The van der Waals surface area contributed by atoms with Crippen LogP contribution >= 0.6 is 23.5 Å². The van der Waals surface area contributed by atoms with Crippen LogP contribution in [-0.4, -0.2) is 16.9 Å². The number of para-hydroxylation sites is 1. The van der Waals surface area contributed by atoms with Crippen LogP contribution in [0.2, 0.25) is 5.02 Å². The first-order chi connectivity index (χ1) is 15.2. The van der Waals surface area contributed by atoms with Crippen molar-refractivity contribution in [1.82, 2.24) is 4.98 Å². The monoisotopic (exact) mass is 482 g/mol. The average Bonchev–Trinajstić information content (AvgIpc) is 2.74. The summed E-state index contributed by atoms with van der Waals surface area (Å²) in [6.07, 6.45) is 0.560. The zero-order valence-corrected chi connectivity index (χ0v) is 18.2. The van der Waals surface area contributed by atoms with E-state index in [0.29, 0.717) is 50.9 Å². The molecule has 3 rings (SSSR count). The predicted molar refractivity (Wildman–Crippen MR) is 124 cm³/mol. The van der Waals surface area contributed by atoms with Crippen molar-refractivity contribution in [2.24, 2.45) is 0 Å². The number of hydrogen-bond donors (Lipinski definition) is 3. The van der Waals surface area contributed by atoms with Gasteiger partial charge in [0.05, 0.1) is 17.6 Å². The summed E-state index contributed by atoms with van der Waals surface area (Å²) in [6, 6.07) is 13.0. The van der Waals surface area contributed by atoms with Crippen LogP contribution in [0.4, 0.5) is 34.6 Å². The number of anilines is 3. The number of nitrogens with two attached hydrogens (primary N) is 1. The molecule has 3 aromatic rings. The Bertz CT molecular complexity index is 1110. The minimum absolute atomic E-state index is 0.208. The third-order valence-corrected chi connectivity index (χ3v) is 5.36. The van der Waals surface area contributed by atoms with Crippen molar-refractivity contribution < 1.29 is 17.6 Å². The van der Waals surface area contributed by atoms with Crippen LogP contribution in [0.25, 0.3) is 5.70 Å². The molecule has 4 nitrogen and oxygen atoms in total. The van der Waals surface area contributed by atoms with Gasteiger partial charge in [-0.1, -0.05) is 35.9 Å². The maximum absolute atomic E-state index is 14.2. The van der Waals surface area contributed by atoms with E-state index in [0.717, 1.165) is 0 Å². The van der Waals surface area contributed by atoms with Gasteiger partial charge in [0, 0.05) is 28.2 Å². The summed E-state index contributed by atoms with van der Waals surface area (Å²) in [6.45, 7) is 0. The Morgan fingerprint density at radius 3 is 2.66 bits per heavy atom. The SMILES string of the molecule is Nc1ccccc1/C(=C\Cc1cc(Cl)ccc1F)Nc1ccncc1NSCC(F)(F)F. The average molecular weight is 483 g/mol. The molecule has 0 atom stereocenters. The fourth-order valence-corrected chi connectivity index (χ4v) is 3.56. The summed E-state index contributed by atoms with van der Waals surface area (Å²) >= 11 is 6.49. The van der Waals surface area contributed by atoms with Crippen LogP contribution in [0, 0.1) is 5.82 Å². The first-order valence-electron chi connectivity index (χ1n) is 9.37. The molecule has 0 saturated carbocycles. The van der Waals surface area contributed by atoms with Crippen LogP contribution in [0.15, 0.2) is 67.0 Å². The first kappa shape index (κ1) is 23.7. The maximum atomic E-state index is 14.2. The molecule has 0 saturated heterocycles. The van der Waals surface area contributed by atoms with E-state index in [1.807, 2.05) is 0 Å². The molecular formula is C22H19ClF4N4S. The zero-order valence-electron chi connectivity index (χ0n) is 16.6. The van der Waals surface area contributed by atoms with E-state index in [1.165, 1.54) is 30.6 Å². The van der Waals surface area contributed by atoms with Gasteiger partial charge in [0.25, 0.3) is 0 Å². The van der Waals surface area contributed by atoms with E-state index in [4.69, 9.17) is 17.3 Å². The Morgan fingerprint density at radius 1 is 1.12 bits per heavy atom. The Labute approximate surface area is 192 Å². The Kier molecular flexibility index (Phi) is 7.87. The molecule has 0 unspecified atom stereocenters. The highest BCUT2D eigenvalue weighted by atomic mass is 35.5. The second-order valence-corrected chi connectivity index (χ2v) is 7.91. The minimum Gasteiger partial charge on any atom is -0.398 e. The van der Waals surface area contributed by atoms with Crippen LogP contribution in [-0.2, 0) is 6.42 Å². The number of benzene rings is 2. The molecule has 32 heavy (non-hydrogen) atoms. The fraction of sp³-hybridized carbons (Fsp3) is 0.136. The zero-order chi connectivity index (χ0) is 23.1. The molecule has 0 aliphatic rings. The van der Waals surface area contributed by atoms with Crippen LogP contribution in [0.1, 0.15) is 11.1 Å². The summed E-state index contributed by atoms with van der Waals surface area (Å²) in [5, 5.41) is 3.59. The molecule has 168 valence electrons. The van der Waals surface area contributed by atoms with Gasteiger partial charge in [-0.2, -0.15) is 13.2 Å². The summed E-state index contributed by atoms with van der Waals surface area (Å²) in [7, 11) is 0. The summed E-state index contributed by atoms with van der Waals surface area (Å²) < 4.78 is 54.4. The van der Waals surface area contributed by atoms with E-state index >= 15 is 0 Å². The van der Waals surface area contributed by atoms with Crippen molar-refractivity contribution in [1.29, 1.82) is 0 Å². The van der Waals surface area contributed by atoms with Gasteiger partial charge in [-0.15, -0.1) is 0 Å². The molecule has 0 aliphatic carbocycles. The fourth-order valence-electron chi connectivity index (χ4n) is 2.81. The van der Waals surface area contributed by atoms with E-state index < -0.39 is 17.7 Å². The number of hydrogen-bond acceptors (Lipinski definition) is 5. The molecule has 0 radical (unpaired) electrons. The summed E-state index contributed by atoms with van der Waals surface area (Å²) in [5.41, 5.74) is 9.05. The Hall–Kier alpha value is -2.91. The first-order valence-corrected chi connectivity index (χ1v) is 10.7. The summed E-state index contributed by atoms with van der Waals surface area (Å²) in [5.74, 6) is -1.47. The number of halogens is 5. The number of nitrogens with one attached hydrogen (secondary N) is 2. The van der Waals surface area contributed by atoms with Crippen molar-refractivity contribution in [2.75, 3.05) is 21.5 Å². The van der Waals surface area contributed by atoms with Crippen molar-refractivity contribution in [3.63, 3.8) is 0 Å². The van der Waals surface area contributed by atoms with Crippen molar-refractivity contribution in [2.45, 2.75) is 12.6 Å². The molecule has 0 bridgehead atoms. The normalized spacial score (nSPS) is 12.0.